The highest BCUT2D eigenvalue weighted by atomic mass is 35.5. The van der Waals surface area contributed by atoms with Gasteiger partial charge in [0.2, 0.25) is 0 Å². The van der Waals surface area contributed by atoms with E-state index in [2.05, 4.69) is 29.6 Å². The normalized spacial score (nSPS) is 12.4. The lowest BCUT2D eigenvalue weighted by Gasteiger charge is -2.05. The lowest BCUT2D eigenvalue weighted by molar-refractivity contribution is 0.234. The van der Waals surface area contributed by atoms with Crippen molar-refractivity contribution in [2.24, 2.45) is 12.0 Å². The van der Waals surface area contributed by atoms with Gasteiger partial charge >= 0.3 is 0 Å². The molecule has 2 heterocycles. The first-order chi connectivity index (χ1) is 13.3. The van der Waals surface area contributed by atoms with Crippen LogP contribution in [0.4, 0.5) is 10.1 Å². The molecular weight excluding hydrogens is 417 g/mol. The Balaban J connectivity index is 1.83. The standard InChI is InChI=1S/C14H13ClFN7O4S/c1-23-6-12(17-7-23)28(25,26)18-5-11-13(22-27-21-11)14(20-24)19-8-2-3-10(16)9(15)4-8/h2-4,6-7,18,24H,5H2,1H3,(H,19,20). The lowest BCUT2D eigenvalue weighted by Crippen LogP contribution is -2.27. The summed E-state index contributed by atoms with van der Waals surface area (Å²) in [5.41, 5.74) is 1.99. The molecule has 0 spiro atoms. The fourth-order valence-electron chi connectivity index (χ4n) is 2.08. The summed E-state index contributed by atoms with van der Waals surface area (Å²) in [5.74, 6) is -0.845. The van der Waals surface area contributed by atoms with Crippen molar-refractivity contribution in [2.75, 3.05) is 0 Å². The highest BCUT2D eigenvalue weighted by molar-refractivity contribution is 7.89. The number of aliphatic imine (C=N–C) groups is 1. The van der Waals surface area contributed by atoms with Gasteiger partial charge in [-0.05, 0) is 23.4 Å². The lowest BCUT2D eigenvalue weighted by atomic mass is 10.3. The van der Waals surface area contributed by atoms with Crippen molar-refractivity contribution in [2.45, 2.75) is 11.6 Å². The predicted molar refractivity (Wildman–Crippen MR) is 94.1 cm³/mol. The number of benzene rings is 1. The molecule has 0 atom stereocenters. The zero-order chi connectivity index (χ0) is 20.3. The molecular formula is C14H13ClFN7O4S. The summed E-state index contributed by atoms with van der Waals surface area (Å²) in [6.45, 7) is -0.317. The molecule has 0 bridgehead atoms. The van der Waals surface area contributed by atoms with Gasteiger partial charge < -0.3 is 4.57 Å². The minimum Gasteiger partial charge on any atom is -0.339 e. The number of imidazole rings is 1. The Hall–Kier alpha value is -2.87. The third-order valence-electron chi connectivity index (χ3n) is 3.42. The van der Waals surface area contributed by atoms with Crippen LogP contribution < -0.4 is 10.2 Å². The maximum Gasteiger partial charge on any atom is 0.259 e. The molecule has 0 saturated heterocycles. The second-order valence-corrected chi connectivity index (χ2v) is 7.55. The Morgan fingerprint density at radius 3 is 2.86 bits per heavy atom. The van der Waals surface area contributed by atoms with Crippen molar-refractivity contribution in [3.63, 3.8) is 0 Å². The van der Waals surface area contributed by atoms with Gasteiger partial charge in [0.1, 0.15) is 11.5 Å². The predicted octanol–water partition coefficient (Wildman–Crippen LogP) is 1.13. The zero-order valence-electron chi connectivity index (χ0n) is 14.2. The fourth-order valence-corrected chi connectivity index (χ4v) is 3.22. The molecule has 0 aliphatic carbocycles. The average Bonchev–Trinajstić information content (AvgIpc) is 3.30. The summed E-state index contributed by atoms with van der Waals surface area (Å²) in [6.07, 6.45) is 2.66. The van der Waals surface area contributed by atoms with Crippen molar-refractivity contribution in [3.05, 3.63) is 53.0 Å². The van der Waals surface area contributed by atoms with Crippen LogP contribution in [0, 0.1) is 5.82 Å². The molecule has 0 aliphatic heterocycles. The smallest absolute Gasteiger partial charge is 0.259 e. The van der Waals surface area contributed by atoms with E-state index in [4.69, 9.17) is 11.6 Å². The topological polar surface area (TPSA) is 148 Å². The van der Waals surface area contributed by atoms with Gasteiger partial charge in [0, 0.05) is 13.2 Å². The van der Waals surface area contributed by atoms with Crippen molar-refractivity contribution < 1.29 is 22.6 Å². The number of hydrogen-bond donors (Lipinski definition) is 3. The van der Waals surface area contributed by atoms with Gasteiger partial charge in [-0.1, -0.05) is 16.8 Å². The number of hydrogen-bond acceptors (Lipinski definition) is 8. The number of hydroxylamine groups is 1. The molecule has 3 rings (SSSR count). The van der Waals surface area contributed by atoms with E-state index in [1.807, 2.05) is 5.48 Å². The van der Waals surface area contributed by atoms with E-state index in [0.29, 0.717) is 0 Å². The first-order valence-electron chi connectivity index (χ1n) is 7.53. The number of halogens is 2. The monoisotopic (exact) mass is 429 g/mol. The number of rotatable bonds is 6. The third-order valence-corrected chi connectivity index (χ3v) is 4.99. The third kappa shape index (κ3) is 4.33. The van der Waals surface area contributed by atoms with E-state index in [-0.39, 0.29) is 39.5 Å². The molecule has 0 radical (unpaired) electrons. The molecule has 0 amide bonds. The van der Waals surface area contributed by atoms with Crippen LogP contribution in [-0.4, -0.2) is 39.3 Å². The Kier molecular flexibility index (Phi) is 5.69. The average molecular weight is 430 g/mol. The molecule has 0 fully saturated rings. The molecule has 11 nitrogen and oxygen atoms in total. The van der Waals surface area contributed by atoms with Crippen LogP contribution in [0.3, 0.4) is 0 Å². The van der Waals surface area contributed by atoms with Crippen LogP contribution in [0.5, 0.6) is 0 Å². The zero-order valence-corrected chi connectivity index (χ0v) is 15.7. The van der Waals surface area contributed by atoms with Gasteiger partial charge in [0.05, 0.1) is 23.6 Å². The van der Waals surface area contributed by atoms with Crippen LogP contribution in [0.2, 0.25) is 5.02 Å². The van der Waals surface area contributed by atoms with Gasteiger partial charge in [0.15, 0.2) is 16.6 Å². The Bertz CT molecular complexity index is 1130. The molecule has 0 unspecified atom stereocenters. The van der Waals surface area contributed by atoms with Crippen LogP contribution >= 0.6 is 11.6 Å². The number of amidine groups is 1. The van der Waals surface area contributed by atoms with Gasteiger partial charge in [-0.25, -0.2) is 32.1 Å². The minimum absolute atomic E-state index is 0.0352. The van der Waals surface area contributed by atoms with Crippen molar-refractivity contribution in [1.29, 1.82) is 0 Å². The first-order valence-corrected chi connectivity index (χ1v) is 9.39. The number of aromatic nitrogens is 4. The van der Waals surface area contributed by atoms with Gasteiger partial charge in [0.25, 0.3) is 10.0 Å². The SMILES string of the molecule is Cn1cnc(S(=O)(=O)NCc2nonc2C(=Nc2ccc(F)c(Cl)c2)NO)c1. The van der Waals surface area contributed by atoms with Gasteiger partial charge in [-0.2, -0.15) is 0 Å². The van der Waals surface area contributed by atoms with E-state index >= 15 is 0 Å². The molecule has 2 aromatic heterocycles. The number of sulfonamides is 1. The molecule has 148 valence electrons. The first kappa shape index (κ1) is 19.9. The Morgan fingerprint density at radius 2 is 2.21 bits per heavy atom. The van der Waals surface area contributed by atoms with Crippen molar-refractivity contribution in [3.8, 4) is 0 Å². The summed E-state index contributed by atoms with van der Waals surface area (Å²) >= 11 is 5.70. The van der Waals surface area contributed by atoms with Crippen LogP contribution in [-0.2, 0) is 23.6 Å². The molecule has 14 heteroatoms. The van der Waals surface area contributed by atoms with Crippen LogP contribution in [0.25, 0.3) is 0 Å². The molecule has 1 aromatic carbocycles. The number of nitrogens with one attached hydrogen (secondary N) is 2. The number of aryl methyl sites for hydroxylation is 1. The summed E-state index contributed by atoms with van der Waals surface area (Å²) < 4.78 is 46.1. The molecule has 28 heavy (non-hydrogen) atoms. The Labute approximate surface area is 162 Å². The van der Waals surface area contributed by atoms with E-state index in [1.165, 1.54) is 29.2 Å². The maximum absolute atomic E-state index is 13.3. The summed E-state index contributed by atoms with van der Waals surface area (Å²) in [7, 11) is -2.28. The van der Waals surface area contributed by atoms with E-state index in [9.17, 15) is 18.0 Å². The largest absolute Gasteiger partial charge is 0.339 e. The number of nitrogens with zero attached hydrogens (tertiary/aromatic N) is 5. The molecule has 3 aromatic rings. The second kappa shape index (κ2) is 8.02. The second-order valence-electron chi connectivity index (χ2n) is 5.43. The van der Waals surface area contributed by atoms with E-state index in [1.54, 1.807) is 7.05 Å². The summed E-state index contributed by atoms with van der Waals surface area (Å²) in [5, 5.41) is 16.2. The van der Waals surface area contributed by atoms with Crippen molar-refractivity contribution in [1.82, 2.24) is 30.1 Å². The molecule has 0 aliphatic rings. The highest BCUT2D eigenvalue weighted by Gasteiger charge is 2.21. The summed E-state index contributed by atoms with van der Waals surface area (Å²) in [4.78, 5) is 7.80. The van der Waals surface area contributed by atoms with Gasteiger partial charge in [-0.3, -0.25) is 10.7 Å². The Morgan fingerprint density at radius 1 is 1.43 bits per heavy atom. The highest BCUT2D eigenvalue weighted by Crippen LogP contribution is 2.22. The minimum atomic E-state index is -3.91. The van der Waals surface area contributed by atoms with E-state index in [0.717, 1.165) is 6.07 Å². The fraction of sp³-hybridized carbons (Fsp3) is 0.143. The quantitative estimate of drug-likeness (QED) is 0.300. The summed E-state index contributed by atoms with van der Waals surface area (Å²) in [6, 6.07) is 3.64. The van der Waals surface area contributed by atoms with Crippen LogP contribution in [0.1, 0.15) is 11.4 Å². The molecule has 0 saturated carbocycles. The van der Waals surface area contributed by atoms with E-state index < -0.39 is 15.8 Å². The van der Waals surface area contributed by atoms with Gasteiger partial charge in [-0.15, -0.1) is 0 Å². The van der Waals surface area contributed by atoms with Crippen LogP contribution in [0.15, 0.2) is 45.4 Å². The van der Waals surface area contributed by atoms with Crippen molar-refractivity contribution >= 4 is 33.1 Å². The maximum atomic E-state index is 13.3. The molecule has 3 N–H and O–H groups in total.